The molecule has 0 spiro atoms. The Bertz CT molecular complexity index is 795. The van der Waals surface area contributed by atoms with E-state index in [1.165, 1.54) is 12.1 Å². The van der Waals surface area contributed by atoms with Gasteiger partial charge in [-0.05, 0) is 36.4 Å². The molecule has 6 heteroatoms. The molecule has 1 N–H and O–H groups in total. The molecule has 0 aliphatic heterocycles. The van der Waals surface area contributed by atoms with Crippen molar-refractivity contribution in [3.8, 4) is 11.8 Å². The number of hydrogen-bond acceptors (Lipinski definition) is 4. The van der Waals surface area contributed by atoms with Gasteiger partial charge in [0.2, 0.25) is 5.91 Å². The first-order chi connectivity index (χ1) is 11.5. The number of benzene rings is 2. The van der Waals surface area contributed by atoms with E-state index in [4.69, 9.17) is 10.00 Å². The summed E-state index contributed by atoms with van der Waals surface area (Å²) in [6.07, 6.45) is 0.371. The number of anilines is 1. The highest BCUT2D eigenvalue weighted by molar-refractivity contribution is 5.98. The number of nitrogens with one attached hydrogen (secondary N) is 1. The molecule has 0 heterocycles. The molecule has 0 saturated carbocycles. The molecule has 5 nitrogen and oxygen atoms in total. The largest absolute Gasteiger partial charge is 0.485 e. The van der Waals surface area contributed by atoms with Crippen LogP contribution < -0.4 is 10.1 Å². The number of carbonyl (C=O) groups excluding carboxylic acids is 2. The molecule has 0 unspecified atom stereocenters. The van der Waals surface area contributed by atoms with E-state index >= 15 is 0 Å². The Kier molecular flexibility index (Phi) is 5.63. The minimum Gasteiger partial charge on any atom is -0.485 e. The molecule has 24 heavy (non-hydrogen) atoms. The summed E-state index contributed by atoms with van der Waals surface area (Å²) in [6.45, 7) is 1.49. The van der Waals surface area contributed by atoms with Crippen LogP contribution in [0.15, 0.2) is 42.5 Å². The van der Waals surface area contributed by atoms with Gasteiger partial charge in [-0.15, -0.1) is 0 Å². The molecule has 1 amide bonds. The highest BCUT2D eigenvalue weighted by atomic mass is 19.1. The average Bonchev–Trinajstić information content (AvgIpc) is 2.60. The van der Waals surface area contributed by atoms with Crippen molar-refractivity contribution in [2.45, 2.75) is 13.3 Å². The van der Waals surface area contributed by atoms with Crippen LogP contribution in [0.5, 0.6) is 5.75 Å². The van der Waals surface area contributed by atoms with Crippen molar-refractivity contribution in [3.05, 3.63) is 59.4 Å². The Morgan fingerprint density at radius 3 is 2.50 bits per heavy atom. The third-order valence-corrected chi connectivity index (χ3v) is 3.24. The van der Waals surface area contributed by atoms with Crippen molar-refractivity contribution < 1.29 is 18.7 Å². The van der Waals surface area contributed by atoms with Crippen LogP contribution in [-0.2, 0) is 4.79 Å². The zero-order valence-electron chi connectivity index (χ0n) is 13.0. The molecule has 0 radical (unpaired) electrons. The number of hydrogen-bond donors (Lipinski definition) is 1. The van der Waals surface area contributed by atoms with E-state index in [0.29, 0.717) is 17.7 Å². The van der Waals surface area contributed by atoms with E-state index in [0.717, 1.165) is 6.07 Å². The summed E-state index contributed by atoms with van der Waals surface area (Å²) in [4.78, 5) is 23.3. The quantitative estimate of drug-likeness (QED) is 0.826. The van der Waals surface area contributed by atoms with Gasteiger partial charge < -0.3 is 10.1 Å². The van der Waals surface area contributed by atoms with E-state index in [2.05, 4.69) is 5.32 Å². The third-order valence-electron chi connectivity index (χ3n) is 3.24. The number of amides is 1. The van der Waals surface area contributed by atoms with Crippen LogP contribution in [0.4, 0.5) is 10.1 Å². The lowest BCUT2D eigenvalue weighted by Crippen LogP contribution is -2.12. The Labute approximate surface area is 138 Å². The van der Waals surface area contributed by atoms with Gasteiger partial charge in [0.1, 0.15) is 17.6 Å². The van der Waals surface area contributed by atoms with Gasteiger partial charge in [0.15, 0.2) is 12.4 Å². The summed E-state index contributed by atoms with van der Waals surface area (Å²) in [5, 5.41) is 11.3. The Morgan fingerprint density at radius 1 is 1.21 bits per heavy atom. The summed E-state index contributed by atoms with van der Waals surface area (Å²) in [5.41, 5.74) is 0.936. The molecule has 2 aromatic carbocycles. The van der Waals surface area contributed by atoms with Gasteiger partial charge in [-0.2, -0.15) is 5.26 Å². The first-order valence-corrected chi connectivity index (χ1v) is 7.29. The fourth-order valence-electron chi connectivity index (χ4n) is 1.90. The smallest absolute Gasteiger partial charge is 0.224 e. The molecule has 2 aromatic rings. The average molecular weight is 326 g/mol. The van der Waals surface area contributed by atoms with Crippen molar-refractivity contribution in [3.63, 3.8) is 0 Å². The molecule has 122 valence electrons. The van der Waals surface area contributed by atoms with Crippen molar-refractivity contribution in [1.29, 1.82) is 5.26 Å². The van der Waals surface area contributed by atoms with E-state index < -0.39 is 5.82 Å². The number of nitrogens with zero attached hydrogens (tertiary/aromatic N) is 1. The molecule has 0 atom stereocenters. The van der Waals surface area contributed by atoms with Crippen LogP contribution in [0.3, 0.4) is 0 Å². The minimum atomic E-state index is -0.696. The van der Waals surface area contributed by atoms with E-state index in [1.807, 2.05) is 0 Å². The fourth-order valence-corrected chi connectivity index (χ4v) is 1.90. The van der Waals surface area contributed by atoms with Gasteiger partial charge in [0, 0.05) is 23.7 Å². The predicted octanol–water partition coefficient (Wildman–Crippen LogP) is 3.31. The second-order valence-corrected chi connectivity index (χ2v) is 4.94. The lowest BCUT2D eigenvalue weighted by Gasteiger charge is -2.07. The normalized spacial score (nSPS) is 9.88. The second kappa shape index (κ2) is 7.88. The molecule has 0 aromatic heterocycles. The van der Waals surface area contributed by atoms with E-state index in [9.17, 15) is 14.0 Å². The summed E-state index contributed by atoms with van der Waals surface area (Å²) in [5.74, 6) is -0.918. The van der Waals surface area contributed by atoms with Gasteiger partial charge in [0.25, 0.3) is 0 Å². The van der Waals surface area contributed by atoms with Gasteiger partial charge in [-0.25, -0.2) is 4.39 Å². The highest BCUT2D eigenvalue weighted by Crippen LogP contribution is 2.17. The predicted molar refractivity (Wildman–Crippen MR) is 86.3 cm³/mol. The Balaban J connectivity index is 1.96. The number of rotatable bonds is 6. The Morgan fingerprint density at radius 2 is 1.92 bits per heavy atom. The zero-order valence-corrected chi connectivity index (χ0v) is 13.0. The molecule has 0 aliphatic carbocycles. The van der Waals surface area contributed by atoms with Crippen LogP contribution in [0.25, 0.3) is 0 Å². The fraction of sp³-hybridized carbons (Fsp3) is 0.167. The number of halogens is 1. The summed E-state index contributed by atoms with van der Waals surface area (Å²) in [7, 11) is 0. The van der Waals surface area contributed by atoms with Crippen molar-refractivity contribution >= 4 is 17.4 Å². The SMILES string of the molecule is CCC(=O)Nc1ccc(C(=O)COc2ccc(C#N)c(F)c2)cc1. The molecular weight excluding hydrogens is 311 g/mol. The number of carbonyl (C=O) groups is 2. The van der Waals surface area contributed by atoms with Crippen LogP contribution in [0, 0.1) is 17.1 Å². The number of ketones is 1. The summed E-state index contributed by atoms with van der Waals surface area (Å²) in [6, 6.07) is 11.9. The topological polar surface area (TPSA) is 79.2 Å². The monoisotopic (exact) mass is 326 g/mol. The maximum absolute atomic E-state index is 13.5. The van der Waals surface area contributed by atoms with Crippen LogP contribution >= 0.6 is 0 Å². The third kappa shape index (κ3) is 4.40. The summed E-state index contributed by atoms with van der Waals surface area (Å²) < 4.78 is 18.7. The molecule has 0 saturated heterocycles. The highest BCUT2D eigenvalue weighted by Gasteiger charge is 2.09. The maximum Gasteiger partial charge on any atom is 0.224 e. The van der Waals surface area contributed by atoms with Crippen molar-refractivity contribution in [2.75, 3.05) is 11.9 Å². The Hall–Kier alpha value is -3.20. The number of nitriles is 1. The first kappa shape index (κ1) is 17.2. The van der Waals surface area contributed by atoms with Crippen LogP contribution in [0.1, 0.15) is 29.3 Å². The second-order valence-electron chi connectivity index (χ2n) is 4.94. The molecular formula is C18H15FN2O3. The number of ether oxygens (including phenoxy) is 1. The number of Topliss-reactive ketones (excluding diaryl/α,β-unsaturated/α-hetero) is 1. The molecule has 0 aliphatic rings. The van der Waals surface area contributed by atoms with Gasteiger partial charge in [0.05, 0.1) is 5.56 Å². The molecule has 2 rings (SSSR count). The lowest BCUT2D eigenvalue weighted by molar-refractivity contribution is -0.115. The maximum atomic E-state index is 13.5. The minimum absolute atomic E-state index is 0.0848. The van der Waals surface area contributed by atoms with Gasteiger partial charge in [-0.3, -0.25) is 9.59 Å². The molecule has 0 bridgehead atoms. The summed E-state index contributed by atoms with van der Waals surface area (Å²) >= 11 is 0. The van der Waals surface area contributed by atoms with Crippen molar-refractivity contribution in [1.82, 2.24) is 0 Å². The van der Waals surface area contributed by atoms with Crippen LogP contribution in [0.2, 0.25) is 0 Å². The first-order valence-electron chi connectivity index (χ1n) is 7.29. The van der Waals surface area contributed by atoms with Crippen LogP contribution in [-0.4, -0.2) is 18.3 Å². The zero-order chi connectivity index (χ0) is 17.5. The van der Waals surface area contributed by atoms with Crippen molar-refractivity contribution in [2.24, 2.45) is 0 Å². The van der Waals surface area contributed by atoms with E-state index in [1.54, 1.807) is 37.3 Å². The van der Waals surface area contributed by atoms with Gasteiger partial charge >= 0.3 is 0 Å². The van der Waals surface area contributed by atoms with Gasteiger partial charge in [-0.1, -0.05) is 6.92 Å². The standard InChI is InChI=1S/C18H15FN2O3/c1-2-18(23)21-14-6-3-12(4-7-14)17(22)11-24-15-8-5-13(10-20)16(19)9-15/h3-9H,2,11H2,1H3,(H,21,23). The molecule has 0 fully saturated rings. The lowest BCUT2D eigenvalue weighted by atomic mass is 10.1. The van der Waals surface area contributed by atoms with E-state index in [-0.39, 0.29) is 29.6 Å².